The lowest BCUT2D eigenvalue weighted by molar-refractivity contribution is -0.187. The molecule has 0 aromatic carbocycles. The number of nitrogens with zero attached hydrogens (tertiary/aromatic N) is 1. The Balaban J connectivity index is 1.46. The summed E-state index contributed by atoms with van der Waals surface area (Å²) >= 11 is 0. The predicted octanol–water partition coefficient (Wildman–Crippen LogP) is 2.85. The van der Waals surface area contributed by atoms with Gasteiger partial charge in [0.1, 0.15) is 6.10 Å². The molecule has 4 fully saturated rings. The third kappa shape index (κ3) is 5.09. The van der Waals surface area contributed by atoms with Crippen molar-refractivity contribution in [2.24, 2.45) is 22.7 Å². The van der Waals surface area contributed by atoms with E-state index in [0.717, 1.165) is 38.5 Å². The molecule has 0 radical (unpaired) electrons. The minimum Gasteiger partial charge on any atom is -0.446 e. The van der Waals surface area contributed by atoms with E-state index in [0.29, 0.717) is 45.6 Å². The minimum atomic E-state index is -0.614. The molecule has 6 unspecified atom stereocenters. The number of alkyl carbamates (subject to hydrolysis) is 1. The molecule has 8 heteroatoms. The average molecular weight is 481 g/mol. The molecule has 0 bridgehead atoms. The van der Waals surface area contributed by atoms with Gasteiger partial charge in [-0.05, 0) is 55.8 Å². The van der Waals surface area contributed by atoms with Crippen molar-refractivity contribution in [2.45, 2.75) is 96.3 Å². The molecule has 194 valence electrons. The quantitative estimate of drug-likeness (QED) is 0.558. The van der Waals surface area contributed by atoms with Crippen LogP contribution in [0.15, 0.2) is 0 Å². The minimum absolute atomic E-state index is 0.0529. The Labute approximate surface area is 203 Å². The maximum atomic E-state index is 13.1. The zero-order valence-corrected chi connectivity index (χ0v) is 21.0. The molecule has 2 amide bonds. The van der Waals surface area contributed by atoms with E-state index in [4.69, 9.17) is 9.47 Å². The van der Waals surface area contributed by atoms with Crippen molar-refractivity contribution >= 4 is 12.0 Å². The van der Waals surface area contributed by atoms with Gasteiger partial charge in [0, 0.05) is 31.0 Å². The molecule has 1 saturated heterocycles. The number of hydrogen-bond donors (Lipinski definition) is 3. The van der Waals surface area contributed by atoms with Crippen LogP contribution in [0.4, 0.5) is 4.79 Å². The number of carbonyl (C=O) groups excluding carboxylic acids is 2. The lowest BCUT2D eigenvalue weighted by atomic mass is 9.46. The zero-order chi connectivity index (χ0) is 24.3. The van der Waals surface area contributed by atoms with Crippen molar-refractivity contribution in [2.75, 3.05) is 32.9 Å². The molecule has 4 aliphatic rings. The largest absolute Gasteiger partial charge is 0.446 e. The highest BCUT2D eigenvalue weighted by molar-refractivity contribution is 5.76. The van der Waals surface area contributed by atoms with Crippen LogP contribution in [0.5, 0.6) is 0 Å². The molecule has 3 aliphatic carbocycles. The number of morpholine rings is 1. The van der Waals surface area contributed by atoms with Gasteiger partial charge in [-0.15, -0.1) is 0 Å². The maximum Gasteiger partial charge on any atom is 0.407 e. The molecule has 3 saturated carbocycles. The summed E-state index contributed by atoms with van der Waals surface area (Å²) in [4.78, 5) is 27.7. The first-order chi connectivity index (χ1) is 16.3. The smallest absolute Gasteiger partial charge is 0.407 e. The van der Waals surface area contributed by atoms with Gasteiger partial charge in [0.2, 0.25) is 5.91 Å². The van der Waals surface area contributed by atoms with E-state index >= 15 is 0 Å². The molecular formula is C26H44N2O6. The van der Waals surface area contributed by atoms with Crippen molar-refractivity contribution in [1.29, 1.82) is 0 Å². The van der Waals surface area contributed by atoms with Gasteiger partial charge in [-0.2, -0.15) is 0 Å². The van der Waals surface area contributed by atoms with Crippen LogP contribution in [-0.2, 0) is 14.3 Å². The van der Waals surface area contributed by atoms with Crippen LogP contribution < -0.4 is 5.32 Å². The van der Waals surface area contributed by atoms with Crippen molar-refractivity contribution in [1.82, 2.24) is 10.2 Å². The first-order valence-electron chi connectivity index (χ1n) is 13.4. The summed E-state index contributed by atoms with van der Waals surface area (Å²) in [6.07, 6.45) is 7.21. The molecule has 1 aliphatic heterocycles. The highest BCUT2D eigenvalue weighted by atomic mass is 16.6. The number of nitrogens with one attached hydrogen (secondary N) is 1. The Morgan fingerprint density at radius 1 is 1.06 bits per heavy atom. The molecule has 4 rings (SSSR count). The Morgan fingerprint density at radius 3 is 2.44 bits per heavy atom. The van der Waals surface area contributed by atoms with E-state index in [1.54, 1.807) is 0 Å². The number of amides is 2. The Morgan fingerprint density at radius 2 is 1.76 bits per heavy atom. The predicted molar refractivity (Wildman–Crippen MR) is 127 cm³/mol. The second kappa shape index (κ2) is 10.7. The first-order valence-corrected chi connectivity index (χ1v) is 13.4. The summed E-state index contributed by atoms with van der Waals surface area (Å²) in [5.74, 6) is -0.0493. The number of carbonyl (C=O) groups is 2. The normalized spacial score (nSPS) is 39.2. The Hall–Kier alpha value is -1.38. The standard InChI is InChI=1S/C26H44N2O6/c1-25-11-10-22(34-24(32)27-18-6-4-3-5-7-18)26(2,17-29)21(25)9-8-20(30)19(25)16-23(31)28-12-14-33-15-13-28/h18-22,29-30H,3-17H2,1-2H3,(H,27,32). The molecule has 34 heavy (non-hydrogen) atoms. The van der Waals surface area contributed by atoms with E-state index in [2.05, 4.69) is 12.2 Å². The van der Waals surface area contributed by atoms with Crippen LogP contribution in [-0.4, -0.2) is 78.3 Å². The van der Waals surface area contributed by atoms with E-state index in [9.17, 15) is 19.8 Å². The molecule has 0 aromatic rings. The lowest BCUT2D eigenvalue weighted by Gasteiger charge is -2.60. The molecule has 0 spiro atoms. The van der Waals surface area contributed by atoms with Gasteiger partial charge in [0.25, 0.3) is 0 Å². The van der Waals surface area contributed by atoms with Crippen LogP contribution in [0.1, 0.15) is 78.1 Å². The lowest BCUT2D eigenvalue weighted by Crippen LogP contribution is -2.61. The summed E-state index contributed by atoms with van der Waals surface area (Å²) in [6, 6.07) is 0.177. The fraction of sp³-hybridized carbons (Fsp3) is 0.923. The van der Waals surface area contributed by atoms with E-state index in [-0.39, 0.29) is 48.0 Å². The number of hydrogen-bond acceptors (Lipinski definition) is 6. The number of aliphatic hydroxyl groups is 2. The van der Waals surface area contributed by atoms with E-state index in [1.165, 1.54) is 6.42 Å². The third-order valence-corrected chi connectivity index (χ3v) is 9.61. The molecule has 0 aromatic heterocycles. The second-order valence-electron chi connectivity index (χ2n) is 11.6. The van der Waals surface area contributed by atoms with Crippen LogP contribution in [0.3, 0.4) is 0 Å². The summed E-state index contributed by atoms with van der Waals surface area (Å²) in [5.41, 5.74) is -0.923. The Bertz CT molecular complexity index is 722. The average Bonchev–Trinajstić information content (AvgIpc) is 2.84. The summed E-state index contributed by atoms with van der Waals surface area (Å²) < 4.78 is 11.4. The summed E-state index contributed by atoms with van der Waals surface area (Å²) in [5, 5.41) is 24.6. The Kier molecular flexibility index (Phi) is 8.09. The van der Waals surface area contributed by atoms with E-state index in [1.807, 2.05) is 11.8 Å². The van der Waals surface area contributed by atoms with Gasteiger partial charge < -0.3 is 29.9 Å². The highest BCUT2D eigenvalue weighted by Gasteiger charge is 2.60. The maximum absolute atomic E-state index is 13.1. The zero-order valence-electron chi connectivity index (χ0n) is 21.0. The molecule has 6 atom stereocenters. The van der Waals surface area contributed by atoms with Crippen LogP contribution in [0.2, 0.25) is 0 Å². The van der Waals surface area contributed by atoms with Gasteiger partial charge in [0.05, 0.1) is 25.9 Å². The van der Waals surface area contributed by atoms with Gasteiger partial charge in [0.15, 0.2) is 0 Å². The van der Waals surface area contributed by atoms with Crippen LogP contribution in [0.25, 0.3) is 0 Å². The first kappa shape index (κ1) is 25.7. The summed E-state index contributed by atoms with van der Waals surface area (Å²) in [7, 11) is 0. The van der Waals surface area contributed by atoms with Crippen molar-refractivity contribution < 1.29 is 29.3 Å². The van der Waals surface area contributed by atoms with Crippen LogP contribution >= 0.6 is 0 Å². The van der Waals surface area contributed by atoms with Gasteiger partial charge >= 0.3 is 6.09 Å². The third-order valence-electron chi connectivity index (χ3n) is 9.61. The van der Waals surface area contributed by atoms with E-state index < -0.39 is 11.5 Å². The second-order valence-corrected chi connectivity index (χ2v) is 11.6. The summed E-state index contributed by atoms with van der Waals surface area (Å²) in [6.45, 7) is 6.42. The van der Waals surface area contributed by atoms with Gasteiger partial charge in [-0.3, -0.25) is 4.79 Å². The molecule has 3 N–H and O–H groups in total. The van der Waals surface area contributed by atoms with Crippen LogP contribution in [0, 0.1) is 22.7 Å². The topological polar surface area (TPSA) is 108 Å². The van der Waals surface area contributed by atoms with Crippen molar-refractivity contribution in [3.63, 3.8) is 0 Å². The fourth-order valence-corrected chi connectivity index (χ4v) is 7.49. The number of aliphatic hydroxyl groups excluding tert-OH is 2. The number of fused-ring (bicyclic) bond motifs is 1. The van der Waals surface area contributed by atoms with Crippen molar-refractivity contribution in [3.05, 3.63) is 0 Å². The molecule has 8 nitrogen and oxygen atoms in total. The fourth-order valence-electron chi connectivity index (χ4n) is 7.49. The number of rotatable bonds is 5. The highest BCUT2D eigenvalue weighted by Crippen LogP contribution is 2.61. The van der Waals surface area contributed by atoms with Crippen molar-refractivity contribution in [3.8, 4) is 0 Å². The number of ether oxygens (including phenoxy) is 2. The monoisotopic (exact) mass is 480 g/mol. The SMILES string of the molecule is CC1(CO)C(OC(=O)NC2CCCCC2)CCC2(C)C(CC(=O)N3CCOCC3)C(O)CCC12. The molecule has 1 heterocycles. The van der Waals surface area contributed by atoms with Gasteiger partial charge in [-0.1, -0.05) is 33.1 Å². The molecular weight excluding hydrogens is 436 g/mol. The van der Waals surface area contributed by atoms with Gasteiger partial charge in [-0.25, -0.2) is 4.79 Å².